The number of nitrogens with zero attached hydrogens (tertiary/aromatic N) is 6. The Bertz CT molecular complexity index is 1630. The minimum Gasteiger partial charge on any atom is -0.497 e. The first-order valence-electron chi connectivity index (χ1n) is 19.3. The second-order valence-electron chi connectivity index (χ2n) is 16.0. The van der Waals surface area contributed by atoms with E-state index in [2.05, 4.69) is 126 Å². The molecule has 0 radical (unpaired) electrons. The van der Waals surface area contributed by atoms with Crippen LogP contribution in [0.3, 0.4) is 0 Å². The lowest BCUT2D eigenvalue weighted by atomic mass is 9.82. The van der Waals surface area contributed by atoms with Crippen molar-refractivity contribution < 1.29 is 14.2 Å². The van der Waals surface area contributed by atoms with Crippen LogP contribution in [0.25, 0.3) is 0 Å². The summed E-state index contributed by atoms with van der Waals surface area (Å²) in [5.74, 6) is 3.67. The van der Waals surface area contributed by atoms with Gasteiger partial charge in [0.25, 0.3) is 0 Å². The third-order valence-corrected chi connectivity index (χ3v) is 12.0. The van der Waals surface area contributed by atoms with Crippen LogP contribution in [0.15, 0.2) is 54.6 Å². The van der Waals surface area contributed by atoms with Gasteiger partial charge in [0.2, 0.25) is 0 Å². The molecule has 3 aromatic rings. The number of likely N-dealkylation sites (N-methyl/N-ethyl adjacent to an activating group) is 3. The number of hydrogen-bond donors (Lipinski definition) is 0. The molecule has 0 fully saturated rings. The van der Waals surface area contributed by atoms with Gasteiger partial charge in [0.15, 0.2) is 0 Å². The van der Waals surface area contributed by atoms with E-state index in [4.69, 9.17) is 14.2 Å². The van der Waals surface area contributed by atoms with Gasteiger partial charge in [-0.15, -0.1) is 0 Å². The molecule has 0 saturated heterocycles. The quantitative estimate of drug-likeness (QED) is 0.193. The predicted octanol–water partition coefficient (Wildman–Crippen LogP) is 5.87. The molecule has 0 bridgehead atoms. The molecule has 4 atom stereocenters. The Balaban J connectivity index is 1.25. The van der Waals surface area contributed by atoms with E-state index >= 15 is 0 Å². The van der Waals surface area contributed by atoms with E-state index in [1.807, 2.05) is 0 Å². The molecule has 3 aliphatic heterocycles. The molecule has 0 amide bonds. The van der Waals surface area contributed by atoms with Crippen molar-refractivity contribution >= 4 is 11.4 Å². The number of anilines is 2. The zero-order valence-corrected chi connectivity index (χ0v) is 33.4. The van der Waals surface area contributed by atoms with Crippen LogP contribution in [0.4, 0.5) is 11.4 Å². The fourth-order valence-corrected chi connectivity index (χ4v) is 8.93. The first-order chi connectivity index (χ1) is 25.1. The Kier molecular flexibility index (Phi) is 12.6. The Morgan fingerprint density at radius 3 is 2.04 bits per heavy atom. The van der Waals surface area contributed by atoms with Crippen LogP contribution in [0.5, 0.6) is 17.2 Å². The van der Waals surface area contributed by atoms with E-state index in [9.17, 15) is 0 Å². The monoisotopic (exact) mass is 713 g/mol. The zero-order chi connectivity index (χ0) is 36.9. The summed E-state index contributed by atoms with van der Waals surface area (Å²) in [5.41, 5.74) is 8.43. The van der Waals surface area contributed by atoms with Crippen molar-refractivity contribution in [2.24, 2.45) is 0 Å². The molecule has 3 aromatic carbocycles. The second kappa shape index (κ2) is 17.1. The van der Waals surface area contributed by atoms with Crippen molar-refractivity contribution in [2.75, 3.05) is 119 Å². The van der Waals surface area contributed by atoms with E-state index < -0.39 is 0 Å². The smallest absolute Gasteiger partial charge is 0.119 e. The summed E-state index contributed by atoms with van der Waals surface area (Å²) in [6.07, 6.45) is 4.47. The molecule has 4 unspecified atom stereocenters. The fraction of sp³-hybridized carbons (Fsp3) is 0.581. The Morgan fingerprint density at radius 1 is 0.712 bits per heavy atom. The lowest BCUT2D eigenvalue weighted by Gasteiger charge is -2.45. The number of rotatable bonds is 15. The third kappa shape index (κ3) is 8.65. The normalized spacial score (nSPS) is 20.1. The van der Waals surface area contributed by atoms with Crippen molar-refractivity contribution in [1.82, 2.24) is 19.6 Å². The van der Waals surface area contributed by atoms with E-state index in [1.54, 1.807) is 21.3 Å². The lowest BCUT2D eigenvalue weighted by molar-refractivity contribution is 0.182. The number of hydrogen-bond acceptors (Lipinski definition) is 9. The summed E-state index contributed by atoms with van der Waals surface area (Å²) in [4.78, 5) is 15.2. The molecular weight excluding hydrogens is 649 g/mol. The van der Waals surface area contributed by atoms with Gasteiger partial charge >= 0.3 is 0 Å². The topological polar surface area (TPSA) is 47.1 Å². The van der Waals surface area contributed by atoms with Gasteiger partial charge in [-0.3, -0.25) is 4.90 Å². The molecular formula is C43H64N6O3. The number of aryl methyl sites for hydroxylation is 1. The van der Waals surface area contributed by atoms with Crippen molar-refractivity contribution in [3.8, 4) is 17.2 Å². The summed E-state index contributed by atoms with van der Waals surface area (Å²) in [7, 11) is 18.7. The van der Waals surface area contributed by atoms with Gasteiger partial charge in [-0.25, -0.2) is 0 Å². The van der Waals surface area contributed by atoms with Crippen LogP contribution in [-0.2, 0) is 13.0 Å². The molecule has 3 aliphatic rings. The van der Waals surface area contributed by atoms with Gasteiger partial charge < -0.3 is 38.7 Å². The average molecular weight is 713 g/mol. The Hall–Kier alpha value is -3.50. The molecule has 0 N–H and O–H groups in total. The van der Waals surface area contributed by atoms with Gasteiger partial charge in [0.05, 0.1) is 21.3 Å². The molecule has 3 heterocycles. The summed E-state index contributed by atoms with van der Waals surface area (Å²) in [6, 6.07) is 20.9. The van der Waals surface area contributed by atoms with E-state index in [0.29, 0.717) is 23.9 Å². The minimum atomic E-state index is 0.354. The van der Waals surface area contributed by atoms with Gasteiger partial charge in [-0.2, -0.15) is 0 Å². The highest BCUT2D eigenvalue weighted by Crippen LogP contribution is 2.43. The molecule has 0 spiro atoms. The van der Waals surface area contributed by atoms with Crippen LogP contribution in [0.1, 0.15) is 53.4 Å². The largest absolute Gasteiger partial charge is 0.497 e. The van der Waals surface area contributed by atoms with Crippen LogP contribution in [0.2, 0.25) is 0 Å². The Morgan fingerprint density at radius 2 is 1.37 bits per heavy atom. The number of ether oxygens (including phenoxy) is 3. The highest BCUT2D eigenvalue weighted by atomic mass is 16.5. The molecule has 0 saturated carbocycles. The lowest BCUT2D eigenvalue weighted by Crippen LogP contribution is -2.49. The number of methoxy groups -OCH3 is 3. The summed E-state index contributed by atoms with van der Waals surface area (Å²) < 4.78 is 17.2. The fourth-order valence-electron chi connectivity index (χ4n) is 8.93. The minimum absolute atomic E-state index is 0.354. The maximum atomic E-state index is 5.86. The standard InChI is InChI=1S/C43H64N6O3/c1-44(2)21-22-47-27-32-12-13-36(51-8)25-39(32)33(28-47)23-34(45(3)4)29-49-20-18-38(40-26-37(52-9)15-17-42(40)49)43(46(5)6)30-48-19-10-11-31-24-35(50-7)14-16-41(31)48/h12-17,24-26,33-34,38,43H,10-11,18-23,27-30H2,1-9H3. The van der Waals surface area contributed by atoms with Gasteiger partial charge in [0, 0.05) is 81.7 Å². The second-order valence-corrected chi connectivity index (χ2v) is 16.0. The van der Waals surface area contributed by atoms with Gasteiger partial charge in [0.1, 0.15) is 17.2 Å². The van der Waals surface area contributed by atoms with Gasteiger partial charge in [-0.05, 0) is 145 Å². The maximum absolute atomic E-state index is 5.86. The highest BCUT2D eigenvalue weighted by Gasteiger charge is 2.36. The maximum Gasteiger partial charge on any atom is 0.119 e. The molecule has 284 valence electrons. The van der Waals surface area contributed by atoms with E-state index in [1.165, 1.54) is 40.0 Å². The predicted molar refractivity (Wildman–Crippen MR) is 215 cm³/mol. The third-order valence-electron chi connectivity index (χ3n) is 12.0. The SMILES string of the molecule is COc1ccc2c(c1)CCCN2CC(C1CCN(CC(CC2CN(CCN(C)C)Cc3ccc(OC)cc32)N(C)C)c2ccc(OC)cc21)N(C)C. The van der Waals surface area contributed by atoms with E-state index in [0.717, 1.165) is 88.9 Å². The highest BCUT2D eigenvalue weighted by molar-refractivity contribution is 5.61. The van der Waals surface area contributed by atoms with Crippen LogP contribution >= 0.6 is 0 Å². The average Bonchev–Trinajstić information content (AvgIpc) is 3.15. The van der Waals surface area contributed by atoms with Crippen molar-refractivity contribution in [1.29, 1.82) is 0 Å². The van der Waals surface area contributed by atoms with Crippen molar-refractivity contribution in [3.63, 3.8) is 0 Å². The number of benzene rings is 3. The molecule has 0 aromatic heterocycles. The summed E-state index contributed by atoms with van der Waals surface area (Å²) >= 11 is 0. The molecule has 9 heteroatoms. The zero-order valence-electron chi connectivity index (χ0n) is 33.4. The van der Waals surface area contributed by atoms with Crippen LogP contribution < -0.4 is 24.0 Å². The Labute approximate surface area is 314 Å². The van der Waals surface area contributed by atoms with Gasteiger partial charge in [-0.1, -0.05) is 6.07 Å². The number of fused-ring (bicyclic) bond motifs is 3. The van der Waals surface area contributed by atoms with Crippen LogP contribution in [0, 0.1) is 0 Å². The van der Waals surface area contributed by atoms with Crippen LogP contribution in [-0.4, -0.2) is 141 Å². The van der Waals surface area contributed by atoms with E-state index in [-0.39, 0.29) is 0 Å². The molecule has 9 nitrogen and oxygen atoms in total. The van der Waals surface area contributed by atoms with Crippen molar-refractivity contribution in [3.05, 3.63) is 76.9 Å². The molecule has 52 heavy (non-hydrogen) atoms. The summed E-state index contributed by atoms with van der Waals surface area (Å²) in [6.45, 7) is 8.32. The molecule has 6 rings (SSSR count). The van der Waals surface area contributed by atoms with Crippen molar-refractivity contribution in [2.45, 2.75) is 56.1 Å². The first-order valence-corrected chi connectivity index (χ1v) is 19.3. The molecule has 0 aliphatic carbocycles. The first kappa shape index (κ1) is 38.2. The summed E-state index contributed by atoms with van der Waals surface area (Å²) in [5, 5.41) is 0.